The monoisotopic (exact) mass is 333 g/mol. The highest BCUT2D eigenvalue weighted by atomic mass is 35.5. The van der Waals surface area contributed by atoms with Crippen molar-refractivity contribution in [3.63, 3.8) is 0 Å². The Kier molecular flexibility index (Phi) is 4.26. The molecule has 0 aliphatic carbocycles. The molecule has 3 rings (SSSR count). The van der Waals surface area contributed by atoms with Gasteiger partial charge in [0.2, 0.25) is 11.8 Å². The lowest BCUT2D eigenvalue weighted by Gasteiger charge is -2.00. The number of aryl methyl sites for hydroxylation is 1. The fourth-order valence-electron chi connectivity index (χ4n) is 1.81. The summed E-state index contributed by atoms with van der Waals surface area (Å²) in [7, 11) is 0. The summed E-state index contributed by atoms with van der Waals surface area (Å²) in [5.74, 6) is 1.77. The molecule has 2 N–H and O–H groups in total. The Hall–Kier alpha value is -2.12. The van der Waals surface area contributed by atoms with E-state index in [1.807, 2.05) is 25.1 Å². The number of benzene rings is 1. The maximum absolute atomic E-state index is 6.11. The third-order valence-electron chi connectivity index (χ3n) is 2.75. The van der Waals surface area contributed by atoms with Gasteiger partial charge in [0.25, 0.3) is 0 Å². The largest absolute Gasteiger partial charge is 0.420 e. The van der Waals surface area contributed by atoms with Gasteiger partial charge in [-0.05, 0) is 19.1 Å². The van der Waals surface area contributed by atoms with Crippen LogP contribution >= 0.6 is 23.4 Å². The van der Waals surface area contributed by atoms with Gasteiger partial charge < -0.3 is 10.2 Å². The Morgan fingerprint density at radius 2 is 2.05 bits per heavy atom. The Labute approximate surface area is 136 Å². The third-order valence-corrected chi connectivity index (χ3v) is 3.91. The quantitative estimate of drug-likeness (QED) is 0.578. The summed E-state index contributed by atoms with van der Waals surface area (Å²) in [4.78, 5) is 8.44. The molecule has 2 heterocycles. The highest BCUT2D eigenvalue weighted by Crippen LogP contribution is 2.27. The molecular formula is C14H12ClN5OS. The van der Waals surface area contributed by atoms with E-state index >= 15 is 0 Å². The van der Waals surface area contributed by atoms with Crippen molar-refractivity contribution in [3.8, 4) is 11.5 Å². The summed E-state index contributed by atoms with van der Waals surface area (Å²) in [5.41, 5.74) is 7.22. The van der Waals surface area contributed by atoms with Gasteiger partial charge >= 0.3 is 0 Å². The number of rotatable bonds is 4. The fraction of sp³-hybridized carbons (Fsp3) is 0.143. The third kappa shape index (κ3) is 3.37. The van der Waals surface area contributed by atoms with Crippen LogP contribution in [0.2, 0.25) is 5.02 Å². The second-order valence-electron chi connectivity index (χ2n) is 4.49. The highest BCUT2D eigenvalue weighted by molar-refractivity contribution is 7.98. The van der Waals surface area contributed by atoms with Crippen molar-refractivity contribution in [1.29, 1.82) is 0 Å². The van der Waals surface area contributed by atoms with Gasteiger partial charge in [-0.2, -0.15) is 0 Å². The number of thioether (sulfide) groups is 1. The first-order chi connectivity index (χ1) is 10.6. The number of anilines is 1. The van der Waals surface area contributed by atoms with E-state index in [0.717, 1.165) is 5.69 Å². The molecule has 0 amide bonds. The summed E-state index contributed by atoms with van der Waals surface area (Å²) < 4.78 is 5.62. The van der Waals surface area contributed by atoms with E-state index in [1.165, 1.54) is 11.8 Å². The lowest BCUT2D eigenvalue weighted by Crippen LogP contribution is -1.96. The van der Waals surface area contributed by atoms with Gasteiger partial charge in [0.05, 0.1) is 16.3 Å². The molecule has 0 aliphatic heterocycles. The van der Waals surface area contributed by atoms with Gasteiger partial charge in [-0.15, -0.1) is 10.2 Å². The zero-order valence-electron chi connectivity index (χ0n) is 11.7. The van der Waals surface area contributed by atoms with Gasteiger partial charge in [-0.3, -0.25) is 0 Å². The van der Waals surface area contributed by atoms with Crippen molar-refractivity contribution in [3.05, 3.63) is 46.9 Å². The van der Waals surface area contributed by atoms with Crippen LogP contribution in [-0.4, -0.2) is 20.2 Å². The topological polar surface area (TPSA) is 90.7 Å². The first-order valence-corrected chi connectivity index (χ1v) is 7.79. The second-order valence-corrected chi connectivity index (χ2v) is 5.84. The first kappa shape index (κ1) is 14.8. The molecule has 3 aromatic rings. The van der Waals surface area contributed by atoms with E-state index in [2.05, 4.69) is 20.2 Å². The summed E-state index contributed by atoms with van der Waals surface area (Å²) in [6, 6.07) is 9.03. The standard InChI is InChI=1S/C14H12ClN5OS/c1-8-6-11(16)18-14(17-8)22-7-12-19-20-13(21-12)9-4-2-3-5-10(9)15/h2-6H,7H2,1H3,(H2,16,17,18). The minimum absolute atomic E-state index is 0.394. The molecule has 0 bridgehead atoms. The molecule has 0 unspecified atom stereocenters. The van der Waals surface area contributed by atoms with Crippen molar-refractivity contribution in [2.45, 2.75) is 17.8 Å². The van der Waals surface area contributed by atoms with Crippen LogP contribution in [0.5, 0.6) is 0 Å². The molecule has 0 saturated carbocycles. The van der Waals surface area contributed by atoms with Crippen LogP contribution in [0.4, 0.5) is 5.82 Å². The summed E-state index contributed by atoms with van der Waals surface area (Å²) in [5, 5.41) is 9.17. The van der Waals surface area contributed by atoms with Crippen molar-refractivity contribution in [1.82, 2.24) is 20.2 Å². The van der Waals surface area contributed by atoms with Gasteiger partial charge in [0, 0.05) is 11.8 Å². The van der Waals surface area contributed by atoms with Gasteiger partial charge in [-0.1, -0.05) is 35.5 Å². The number of nitrogens with zero attached hydrogens (tertiary/aromatic N) is 4. The van der Waals surface area contributed by atoms with Crippen LogP contribution in [-0.2, 0) is 5.75 Å². The maximum atomic E-state index is 6.11. The minimum Gasteiger partial charge on any atom is -0.420 e. The minimum atomic E-state index is 0.394. The molecule has 8 heteroatoms. The molecule has 0 aliphatic rings. The van der Waals surface area contributed by atoms with Crippen molar-refractivity contribution in [2.75, 3.05) is 5.73 Å². The molecule has 0 spiro atoms. The second kappa shape index (κ2) is 6.33. The van der Waals surface area contributed by atoms with E-state index in [9.17, 15) is 0 Å². The van der Waals surface area contributed by atoms with Crippen molar-refractivity contribution >= 4 is 29.2 Å². The lowest BCUT2D eigenvalue weighted by atomic mass is 10.2. The zero-order chi connectivity index (χ0) is 15.5. The molecule has 6 nitrogen and oxygen atoms in total. The average molecular weight is 334 g/mol. The highest BCUT2D eigenvalue weighted by Gasteiger charge is 2.12. The molecule has 0 saturated heterocycles. The maximum Gasteiger partial charge on any atom is 0.249 e. The molecule has 0 atom stereocenters. The smallest absolute Gasteiger partial charge is 0.249 e. The van der Waals surface area contributed by atoms with E-state index in [1.54, 1.807) is 12.1 Å². The number of nitrogens with two attached hydrogens (primary N) is 1. The molecule has 22 heavy (non-hydrogen) atoms. The molecule has 1 aromatic carbocycles. The van der Waals surface area contributed by atoms with Crippen LogP contribution in [0.3, 0.4) is 0 Å². The number of hydrogen-bond donors (Lipinski definition) is 1. The Balaban J connectivity index is 1.73. The van der Waals surface area contributed by atoms with E-state index < -0.39 is 0 Å². The van der Waals surface area contributed by atoms with Crippen LogP contribution < -0.4 is 5.73 Å². The predicted octanol–water partition coefficient (Wildman–Crippen LogP) is 3.36. The van der Waals surface area contributed by atoms with E-state index in [0.29, 0.717) is 39.1 Å². The van der Waals surface area contributed by atoms with Crippen molar-refractivity contribution in [2.24, 2.45) is 0 Å². The summed E-state index contributed by atoms with van der Waals surface area (Å²) in [6.45, 7) is 1.87. The van der Waals surface area contributed by atoms with Crippen LogP contribution in [0, 0.1) is 6.92 Å². The molecule has 112 valence electrons. The number of halogens is 1. The molecule has 0 radical (unpaired) electrons. The summed E-state index contributed by atoms with van der Waals surface area (Å²) >= 11 is 7.49. The van der Waals surface area contributed by atoms with Crippen molar-refractivity contribution < 1.29 is 4.42 Å². The Bertz CT molecular complexity index is 787. The van der Waals surface area contributed by atoms with Gasteiger partial charge in [-0.25, -0.2) is 9.97 Å². The predicted molar refractivity (Wildman–Crippen MR) is 85.5 cm³/mol. The molecule has 0 fully saturated rings. The number of aromatic nitrogens is 4. The Morgan fingerprint density at radius 3 is 2.82 bits per heavy atom. The van der Waals surface area contributed by atoms with E-state index in [4.69, 9.17) is 21.8 Å². The van der Waals surface area contributed by atoms with Crippen LogP contribution in [0.1, 0.15) is 11.6 Å². The average Bonchev–Trinajstić information content (AvgIpc) is 2.93. The van der Waals surface area contributed by atoms with E-state index in [-0.39, 0.29) is 0 Å². The van der Waals surface area contributed by atoms with Gasteiger partial charge in [0.15, 0.2) is 5.16 Å². The normalized spacial score (nSPS) is 10.8. The van der Waals surface area contributed by atoms with Crippen LogP contribution in [0.15, 0.2) is 39.9 Å². The Morgan fingerprint density at radius 1 is 1.23 bits per heavy atom. The SMILES string of the molecule is Cc1cc(N)nc(SCc2nnc(-c3ccccc3Cl)o2)n1. The summed E-state index contributed by atoms with van der Waals surface area (Å²) in [6.07, 6.45) is 0. The first-order valence-electron chi connectivity index (χ1n) is 6.43. The molecular weight excluding hydrogens is 322 g/mol. The van der Waals surface area contributed by atoms with Gasteiger partial charge in [0.1, 0.15) is 5.82 Å². The molecule has 2 aromatic heterocycles. The van der Waals surface area contributed by atoms with Crippen LogP contribution in [0.25, 0.3) is 11.5 Å². The zero-order valence-corrected chi connectivity index (χ0v) is 13.2. The fourth-order valence-corrected chi connectivity index (χ4v) is 2.78. The number of nitrogen functional groups attached to an aromatic ring is 1. The number of hydrogen-bond acceptors (Lipinski definition) is 7. The lowest BCUT2D eigenvalue weighted by molar-refractivity contribution is 0.528.